The van der Waals surface area contributed by atoms with E-state index >= 15 is 0 Å². The van der Waals surface area contributed by atoms with Gasteiger partial charge in [-0.15, -0.1) is 0 Å². The summed E-state index contributed by atoms with van der Waals surface area (Å²) in [4.78, 5) is 4.12. The molecule has 4 nitrogen and oxygen atoms in total. The fraction of sp³-hybridized carbons (Fsp3) is 0.462. The molecule has 0 saturated carbocycles. The molecule has 1 atom stereocenters. The van der Waals surface area contributed by atoms with E-state index in [0.717, 1.165) is 17.9 Å². The summed E-state index contributed by atoms with van der Waals surface area (Å²) in [6.45, 7) is 7.54. The summed E-state index contributed by atoms with van der Waals surface area (Å²) in [5.41, 5.74) is 0.987. The standard InChI is InChI=1S/C13H18N4S/c1-9(2)10(3)8-17-12(15-16-13(17)18)11-5-4-6-14-7-11/h4-7,9-10H,8H2,1-3H3,(H,16,18). The zero-order valence-electron chi connectivity index (χ0n) is 10.9. The maximum Gasteiger partial charge on any atom is 0.195 e. The molecule has 0 saturated heterocycles. The van der Waals surface area contributed by atoms with Gasteiger partial charge < -0.3 is 0 Å². The lowest BCUT2D eigenvalue weighted by Gasteiger charge is -2.17. The maximum atomic E-state index is 5.30. The molecule has 0 amide bonds. The molecule has 2 heterocycles. The first-order valence-electron chi connectivity index (χ1n) is 6.15. The van der Waals surface area contributed by atoms with E-state index in [1.54, 1.807) is 6.20 Å². The van der Waals surface area contributed by atoms with Crippen LogP contribution in [0.4, 0.5) is 0 Å². The first-order chi connectivity index (χ1) is 8.59. The Bertz CT molecular complexity index is 556. The van der Waals surface area contributed by atoms with Crippen LogP contribution in [-0.4, -0.2) is 19.7 Å². The van der Waals surface area contributed by atoms with Crippen LogP contribution in [0.15, 0.2) is 24.5 Å². The molecule has 5 heteroatoms. The molecule has 2 aromatic heterocycles. The molecule has 96 valence electrons. The van der Waals surface area contributed by atoms with E-state index in [9.17, 15) is 0 Å². The third-order valence-corrected chi connectivity index (χ3v) is 3.60. The van der Waals surface area contributed by atoms with Gasteiger partial charge in [0.05, 0.1) is 0 Å². The highest BCUT2D eigenvalue weighted by atomic mass is 32.1. The number of nitrogens with one attached hydrogen (secondary N) is 1. The van der Waals surface area contributed by atoms with Gasteiger partial charge in [-0.2, -0.15) is 5.10 Å². The molecule has 0 aromatic carbocycles. The molecule has 1 unspecified atom stereocenters. The third-order valence-electron chi connectivity index (χ3n) is 3.29. The fourth-order valence-corrected chi connectivity index (χ4v) is 1.91. The summed E-state index contributed by atoms with van der Waals surface area (Å²) in [5.74, 6) is 2.02. The number of hydrogen-bond acceptors (Lipinski definition) is 3. The van der Waals surface area contributed by atoms with E-state index in [1.165, 1.54) is 0 Å². The Morgan fingerprint density at radius 3 is 2.78 bits per heavy atom. The Balaban J connectivity index is 2.37. The summed E-state index contributed by atoms with van der Waals surface area (Å²) in [7, 11) is 0. The summed E-state index contributed by atoms with van der Waals surface area (Å²) < 4.78 is 2.72. The third kappa shape index (κ3) is 2.67. The molecule has 18 heavy (non-hydrogen) atoms. The zero-order chi connectivity index (χ0) is 13.1. The van der Waals surface area contributed by atoms with Gasteiger partial charge in [0, 0.05) is 24.5 Å². The number of H-pyrrole nitrogens is 1. The van der Waals surface area contributed by atoms with Crippen molar-refractivity contribution in [3.63, 3.8) is 0 Å². The molecular weight excluding hydrogens is 244 g/mol. The van der Waals surface area contributed by atoms with Crippen molar-refractivity contribution in [2.24, 2.45) is 11.8 Å². The van der Waals surface area contributed by atoms with Crippen LogP contribution < -0.4 is 0 Å². The Kier molecular flexibility index (Phi) is 3.91. The highest BCUT2D eigenvalue weighted by molar-refractivity contribution is 7.71. The smallest absolute Gasteiger partial charge is 0.195 e. The highest BCUT2D eigenvalue weighted by Gasteiger charge is 2.13. The predicted molar refractivity (Wildman–Crippen MR) is 74.6 cm³/mol. The van der Waals surface area contributed by atoms with Crippen LogP contribution in [0.1, 0.15) is 20.8 Å². The second-order valence-electron chi connectivity index (χ2n) is 4.93. The minimum Gasteiger partial charge on any atom is -0.300 e. The van der Waals surface area contributed by atoms with Crippen molar-refractivity contribution in [1.82, 2.24) is 19.7 Å². The van der Waals surface area contributed by atoms with E-state index in [2.05, 4.69) is 40.5 Å². The van der Waals surface area contributed by atoms with Crippen molar-refractivity contribution in [3.05, 3.63) is 29.3 Å². The second kappa shape index (κ2) is 5.44. The van der Waals surface area contributed by atoms with E-state index in [0.29, 0.717) is 16.6 Å². The van der Waals surface area contributed by atoms with Gasteiger partial charge in [-0.05, 0) is 36.2 Å². The van der Waals surface area contributed by atoms with Crippen LogP contribution in [-0.2, 0) is 6.54 Å². The Morgan fingerprint density at radius 1 is 1.39 bits per heavy atom. The molecule has 0 radical (unpaired) electrons. The van der Waals surface area contributed by atoms with Crippen molar-refractivity contribution >= 4 is 12.2 Å². The number of rotatable bonds is 4. The molecule has 0 fully saturated rings. The van der Waals surface area contributed by atoms with Gasteiger partial charge >= 0.3 is 0 Å². The predicted octanol–water partition coefficient (Wildman–Crippen LogP) is 3.29. The number of nitrogens with zero attached hydrogens (tertiary/aromatic N) is 3. The van der Waals surface area contributed by atoms with Gasteiger partial charge in [-0.25, -0.2) is 0 Å². The van der Waals surface area contributed by atoms with Crippen molar-refractivity contribution in [1.29, 1.82) is 0 Å². The average molecular weight is 262 g/mol. The summed E-state index contributed by atoms with van der Waals surface area (Å²) >= 11 is 5.30. The van der Waals surface area contributed by atoms with E-state index < -0.39 is 0 Å². The number of aromatic amines is 1. The van der Waals surface area contributed by atoms with Crippen molar-refractivity contribution < 1.29 is 0 Å². The van der Waals surface area contributed by atoms with Gasteiger partial charge in [-0.1, -0.05) is 20.8 Å². The minimum absolute atomic E-state index is 0.546. The van der Waals surface area contributed by atoms with Gasteiger partial charge in [0.25, 0.3) is 0 Å². The van der Waals surface area contributed by atoms with Crippen LogP contribution in [0.2, 0.25) is 0 Å². The minimum atomic E-state index is 0.546. The summed E-state index contributed by atoms with van der Waals surface area (Å²) in [6.07, 6.45) is 3.56. The average Bonchev–Trinajstić information content (AvgIpc) is 2.72. The molecular formula is C13H18N4S. The molecule has 0 aliphatic rings. The molecule has 0 spiro atoms. The second-order valence-corrected chi connectivity index (χ2v) is 5.31. The van der Waals surface area contributed by atoms with Gasteiger partial charge in [-0.3, -0.25) is 14.6 Å². The van der Waals surface area contributed by atoms with Crippen LogP contribution in [0, 0.1) is 16.6 Å². The quantitative estimate of drug-likeness (QED) is 0.860. The van der Waals surface area contributed by atoms with Crippen molar-refractivity contribution in [2.45, 2.75) is 27.3 Å². The van der Waals surface area contributed by atoms with Gasteiger partial charge in [0.1, 0.15) is 0 Å². The summed E-state index contributed by atoms with van der Waals surface area (Å²) in [6, 6.07) is 3.90. The monoisotopic (exact) mass is 262 g/mol. The topological polar surface area (TPSA) is 46.5 Å². The lowest BCUT2D eigenvalue weighted by atomic mass is 9.98. The maximum absolute atomic E-state index is 5.30. The van der Waals surface area contributed by atoms with Crippen molar-refractivity contribution in [3.8, 4) is 11.4 Å². The molecule has 0 aliphatic heterocycles. The molecule has 1 N–H and O–H groups in total. The Labute approximate surface area is 112 Å². The first-order valence-corrected chi connectivity index (χ1v) is 6.56. The summed E-state index contributed by atoms with van der Waals surface area (Å²) in [5, 5.41) is 7.17. The van der Waals surface area contributed by atoms with Crippen LogP contribution in [0.5, 0.6) is 0 Å². The normalized spacial score (nSPS) is 12.9. The van der Waals surface area contributed by atoms with Gasteiger partial charge in [0.2, 0.25) is 0 Å². The lowest BCUT2D eigenvalue weighted by molar-refractivity contribution is 0.364. The lowest BCUT2D eigenvalue weighted by Crippen LogP contribution is -2.14. The highest BCUT2D eigenvalue weighted by Crippen LogP contribution is 2.19. The SMILES string of the molecule is CC(C)C(C)Cn1c(-c2cccnc2)n[nH]c1=S. The first kappa shape index (κ1) is 13.0. The van der Waals surface area contributed by atoms with E-state index in [-0.39, 0.29) is 0 Å². The Hall–Kier alpha value is -1.49. The Morgan fingerprint density at radius 2 is 2.17 bits per heavy atom. The van der Waals surface area contributed by atoms with Gasteiger partial charge in [0.15, 0.2) is 10.6 Å². The van der Waals surface area contributed by atoms with E-state index in [4.69, 9.17) is 12.2 Å². The number of pyridine rings is 1. The molecule has 2 aromatic rings. The van der Waals surface area contributed by atoms with Crippen LogP contribution in [0.3, 0.4) is 0 Å². The largest absolute Gasteiger partial charge is 0.300 e. The van der Waals surface area contributed by atoms with Crippen LogP contribution in [0.25, 0.3) is 11.4 Å². The molecule has 2 rings (SSSR count). The molecule has 0 aliphatic carbocycles. The molecule has 0 bridgehead atoms. The zero-order valence-corrected chi connectivity index (χ0v) is 11.7. The van der Waals surface area contributed by atoms with Crippen LogP contribution >= 0.6 is 12.2 Å². The van der Waals surface area contributed by atoms with Crippen molar-refractivity contribution in [2.75, 3.05) is 0 Å². The number of hydrogen-bond donors (Lipinski definition) is 1. The fourth-order valence-electron chi connectivity index (χ4n) is 1.70. The number of aromatic nitrogens is 4. The van der Waals surface area contributed by atoms with E-state index in [1.807, 2.05) is 18.3 Å².